The van der Waals surface area contributed by atoms with Crippen LogP contribution in [0.1, 0.15) is 19.3 Å². The van der Waals surface area contributed by atoms with Crippen LogP contribution < -0.4 is 10.1 Å². The number of nitrogens with one attached hydrogen (secondary N) is 1. The second-order valence-corrected chi connectivity index (χ2v) is 10.8. The number of hydrogen-bond acceptors (Lipinski definition) is 6. The molecule has 2 aliphatic heterocycles. The van der Waals surface area contributed by atoms with Gasteiger partial charge in [0.15, 0.2) is 0 Å². The fourth-order valence-corrected chi connectivity index (χ4v) is 6.99. The molecular formula is C21H27N3O4S2. The SMILES string of the molecule is CNC(=O)[C@@H]1C[C@H](Oc2ccccc2)CN1C1CCN(S(=O)(=O)c2cccs2)CC1. The van der Waals surface area contributed by atoms with E-state index < -0.39 is 10.0 Å². The van der Waals surface area contributed by atoms with Crippen LogP contribution in [-0.2, 0) is 14.8 Å². The molecule has 0 unspecified atom stereocenters. The van der Waals surface area contributed by atoms with Gasteiger partial charge in [-0.05, 0) is 36.4 Å². The first-order valence-corrected chi connectivity index (χ1v) is 12.5. The summed E-state index contributed by atoms with van der Waals surface area (Å²) in [6, 6.07) is 13.0. The van der Waals surface area contributed by atoms with E-state index in [1.54, 1.807) is 28.9 Å². The number of ether oxygens (including phenoxy) is 1. The molecule has 2 aromatic rings. The zero-order valence-electron chi connectivity index (χ0n) is 16.9. The number of sulfonamides is 1. The molecule has 0 aliphatic carbocycles. The summed E-state index contributed by atoms with van der Waals surface area (Å²) in [7, 11) is -1.77. The van der Waals surface area contributed by atoms with Crippen molar-refractivity contribution in [1.29, 1.82) is 0 Å². The van der Waals surface area contributed by atoms with E-state index in [1.807, 2.05) is 30.3 Å². The number of para-hydroxylation sites is 1. The van der Waals surface area contributed by atoms with E-state index in [4.69, 9.17) is 4.74 Å². The number of rotatable bonds is 6. The number of likely N-dealkylation sites (N-methyl/N-ethyl adjacent to an activating group) is 1. The van der Waals surface area contributed by atoms with Crippen LogP contribution in [0.4, 0.5) is 0 Å². The van der Waals surface area contributed by atoms with E-state index in [-0.39, 0.29) is 24.1 Å². The van der Waals surface area contributed by atoms with Crippen molar-refractivity contribution >= 4 is 27.3 Å². The molecule has 0 spiro atoms. The third kappa shape index (κ3) is 4.39. The normalized spacial score (nSPS) is 24.0. The molecule has 2 saturated heterocycles. The molecule has 0 bridgehead atoms. The number of carbonyl (C=O) groups excluding carboxylic acids is 1. The lowest BCUT2D eigenvalue weighted by atomic mass is 10.0. The smallest absolute Gasteiger partial charge is 0.252 e. The highest BCUT2D eigenvalue weighted by molar-refractivity contribution is 7.91. The molecule has 2 fully saturated rings. The van der Waals surface area contributed by atoms with Crippen molar-refractivity contribution < 1.29 is 17.9 Å². The molecule has 4 rings (SSSR count). The summed E-state index contributed by atoms with van der Waals surface area (Å²) >= 11 is 1.25. The molecule has 0 radical (unpaired) electrons. The van der Waals surface area contributed by atoms with E-state index in [9.17, 15) is 13.2 Å². The van der Waals surface area contributed by atoms with Gasteiger partial charge in [-0.15, -0.1) is 11.3 Å². The van der Waals surface area contributed by atoms with Crippen LogP contribution in [0.5, 0.6) is 5.75 Å². The van der Waals surface area contributed by atoms with Gasteiger partial charge in [0.2, 0.25) is 5.91 Å². The average molecular weight is 450 g/mol. The van der Waals surface area contributed by atoms with Gasteiger partial charge in [0.05, 0.1) is 6.04 Å². The quantitative estimate of drug-likeness (QED) is 0.731. The Hall–Kier alpha value is -1.94. The summed E-state index contributed by atoms with van der Waals surface area (Å²) in [4.78, 5) is 14.7. The van der Waals surface area contributed by atoms with Crippen LogP contribution in [0.2, 0.25) is 0 Å². The van der Waals surface area contributed by atoms with Gasteiger partial charge in [-0.3, -0.25) is 9.69 Å². The monoisotopic (exact) mass is 449 g/mol. The van der Waals surface area contributed by atoms with Gasteiger partial charge in [0, 0.05) is 39.1 Å². The van der Waals surface area contributed by atoms with Crippen molar-refractivity contribution in [2.24, 2.45) is 0 Å². The second-order valence-electron chi connectivity index (χ2n) is 7.68. The minimum absolute atomic E-state index is 0.0113. The third-order valence-electron chi connectivity index (χ3n) is 5.88. The molecule has 2 atom stereocenters. The second kappa shape index (κ2) is 9.05. The minimum atomic E-state index is -3.42. The first kappa shape index (κ1) is 21.3. The molecule has 9 heteroatoms. The Morgan fingerprint density at radius 1 is 1.13 bits per heavy atom. The predicted molar refractivity (Wildman–Crippen MR) is 116 cm³/mol. The number of nitrogens with zero attached hydrogens (tertiary/aromatic N) is 2. The summed E-state index contributed by atoms with van der Waals surface area (Å²) in [5.41, 5.74) is 0. The number of hydrogen-bond donors (Lipinski definition) is 1. The maximum absolute atomic E-state index is 12.8. The topological polar surface area (TPSA) is 79.0 Å². The van der Waals surface area contributed by atoms with Crippen molar-refractivity contribution in [3.63, 3.8) is 0 Å². The Labute approximate surface area is 181 Å². The van der Waals surface area contributed by atoms with Crippen LogP contribution in [0.3, 0.4) is 0 Å². The molecule has 1 aromatic carbocycles. The number of carbonyl (C=O) groups is 1. The van der Waals surface area contributed by atoms with Crippen LogP contribution >= 0.6 is 11.3 Å². The van der Waals surface area contributed by atoms with E-state index in [2.05, 4.69) is 10.2 Å². The Kier molecular flexibility index (Phi) is 6.43. The van der Waals surface area contributed by atoms with E-state index >= 15 is 0 Å². The van der Waals surface area contributed by atoms with Crippen LogP contribution in [0.15, 0.2) is 52.1 Å². The molecule has 2 aliphatic rings. The van der Waals surface area contributed by atoms with Gasteiger partial charge in [0.1, 0.15) is 16.1 Å². The Balaban J connectivity index is 1.42. The Morgan fingerprint density at radius 2 is 1.87 bits per heavy atom. The van der Waals surface area contributed by atoms with Crippen molar-refractivity contribution in [3.05, 3.63) is 47.8 Å². The zero-order valence-corrected chi connectivity index (χ0v) is 18.6. The number of benzene rings is 1. The summed E-state index contributed by atoms with van der Waals surface area (Å²) in [6.07, 6.45) is 1.97. The molecule has 30 heavy (non-hydrogen) atoms. The van der Waals surface area contributed by atoms with Crippen LogP contribution in [-0.4, -0.2) is 68.4 Å². The van der Waals surface area contributed by atoms with Crippen LogP contribution in [0, 0.1) is 0 Å². The fourth-order valence-electron chi connectivity index (χ4n) is 4.38. The summed E-state index contributed by atoms with van der Waals surface area (Å²) in [5.74, 6) is 0.791. The molecule has 1 amide bonds. The summed E-state index contributed by atoms with van der Waals surface area (Å²) < 4.78 is 33.7. The number of thiophene rings is 1. The van der Waals surface area contributed by atoms with Crippen molar-refractivity contribution in [2.75, 3.05) is 26.7 Å². The standard InChI is InChI=1S/C21H27N3O4S2/c1-22-21(25)19-14-18(28-17-6-3-2-4-7-17)15-24(19)16-9-11-23(12-10-16)30(26,27)20-8-5-13-29-20/h2-8,13,16,18-19H,9-12,14-15H2,1H3,(H,22,25)/t18-,19-/m0/s1. The summed E-state index contributed by atoms with van der Waals surface area (Å²) in [6.45, 7) is 1.59. The maximum atomic E-state index is 12.8. The molecule has 0 saturated carbocycles. The summed E-state index contributed by atoms with van der Waals surface area (Å²) in [5, 5.41) is 4.55. The predicted octanol–water partition coefficient (Wildman–Crippen LogP) is 2.17. The van der Waals surface area contributed by atoms with Crippen LogP contribution in [0.25, 0.3) is 0 Å². The molecule has 162 valence electrons. The zero-order chi connectivity index (χ0) is 21.1. The highest BCUT2D eigenvalue weighted by Crippen LogP contribution is 2.31. The Morgan fingerprint density at radius 3 is 2.50 bits per heavy atom. The van der Waals surface area contributed by atoms with E-state index in [0.717, 1.165) is 5.75 Å². The van der Waals surface area contributed by atoms with Crippen molar-refractivity contribution in [1.82, 2.24) is 14.5 Å². The number of piperidine rings is 1. The van der Waals surface area contributed by atoms with Gasteiger partial charge in [-0.25, -0.2) is 8.42 Å². The highest BCUT2D eigenvalue weighted by atomic mass is 32.2. The lowest BCUT2D eigenvalue weighted by Gasteiger charge is -2.38. The molecule has 1 aromatic heterocycles. The fraction of sp³-hybridized carbons (Fsp3) is 0.476. The minimum Gasteiger partial charge on any atom is -0.489 e. The largest absolute Gasteiger partial charge is 0.489 e. The first-order chi connectivity index (χ1) is 14.5. The van der Waals surface area contributed by atoms with E-state index in [1.165, 1.54) is 11.3 Å². The molecule has 7 nitrogen and oxygen atoms in total. The lowest BCUT2D eigenvalue weighted by molar-refractivity contribution is -0.126. The van der Waals surface area contributed by atoms with Gasteiger partial charge in [-0.2, -0.15) is 4.31 Å². The number of amides is 1. The number of likely N-dealkylation sites (tertiary alicyclic amines) is 1. The first-order valence-electron chi connectivity index (χ1n) is 10.2. The van der Waals surface area contributed by atoms with Gasteiger partial charge in [-0.1, -0.05) is 24.3 Å². The maximum Gasteiger partial charge on any atom is 0.252 e. The van der Waals surface area contributed by atoms with Crippen molar-refractivity contribution in [2.45, 2.75) is 41.7 Å². The van der Waals surface area contributed by atoms with Gasteiger partial charge < -0.3 is 10.1 Å². The molecular weight excluding hydrogens is 422 g/mol. The van der Waals surface area contributed by atoms with Gasteiger partial charge in [0.25, 0.3) is 10.0 Å². The van der Waals surface area contributed by atoms with Gasteiger partial charge >= 0.3 is 0 Å². The third-order valence-corrected chi connectivity index (χ3v) is 9.15. The molecule has 1 N–H and O–H groups in total. The van der Waals surface area contributed by atoms with Crippen molar-refractivity contribution in [3.8, 4) is 5.75 Å². The average Bonchev–Trinajstić information content (AvgIpc) is 3.45. The lowest BCUT2D eigenvalue weighted by Crippen LogP contribution is -2.51. The molecule has 3 heterocycles. The Bertz CT molecular complexity index is 942. The van der Waals surface area contributed by atoms with E-state index in [0.29, 0.717) is 43.1 Å². The highest BCUT2D eigenvalue weighted by Gasteiger charge is 2.43.